The van der Waals surface area contributed by atoms with Crippen LogP contribution < -0.4 is 10.6 Å². The van der Waals surface area contributed by atoms with E-state index >= 15 is 0 Å². The van der Waals surface area contributed by atoms with E-state index in [1.165, 1.54) is 17.2 Å². The van der Waals surface area contributed by atoms with Gasteiger partial charge in [0.2, 0.25) is 17.7 Å². The number of thiazole rings is 1. The lowest BCUT2D eigenvalue weighted by atomic mass is 9.90. The molecule has 0 bridgehead atoms. The number of hydrogen-bond donors (Lipinski definition) is 3. The van der Waals surface area contributed by atoms with Crippen molar-refractivity contribution in [3.63, 3.8) is 0 Å². The highest BCUT2D eigenvalue weighted by Crippen LogP contribution is 2.33. The first-order chi connectivity index (χ1) is 24.2. The molecule has 0 saturated carbocycles. The predicted octanol–water partition coefficient (Wildman–Crippen LogP) is 5.71. The maximum absolute atomic E-state index is 14.8. The van der Waals surface area contributed by atoms with E-state index in [0.717, 1.165) is 30.6 Å². The Morgan fingerprint density at radius 1 is 1.10 bits per heavy atom. The fourth-order valence-electron chi connectivity index (χ4n) is 6.38. The highest BCUT2D eigenvalue weighted by molar-refractivity contribution is 7.09. The third-order valence-corrected chi connectivity index (χ3v) is 10.4. The third kappa shape index (κ3) is 12.7. The number of carbonyl (C=O) groups excluding carboxylic acids is 5. The van der Waals surface area contributed by atoms with E-state index in [0.29, 0.717) is 43.8 Å². The number of rotatable bonds is 19. The number of carbonyl (C=O) groups is 6. The molecule has 14 nitrogen and oxygen atoms in total. The molecule has 2 rings (SSSR count). The highest BCUT2D eigenvalue weighted by atomic mass is 32.1. The highest BCUT2D eigenvalue weighted by Gasteiger charge is 2.47. The predicted molar refractivity (Wildman–Crippen MR) is 198 cm³/mol. The Balaban J connectivity index is 2.44. The molecule has 5 atom stereocenters. The van der Waals surface area contributed by atoms with Crippen LogP contribution in [-0.2, 0) is 28.7 Å². The molecule has 1 aliphatic rings. The minimum Gasteiger partial charge on any atom is -0.476 e. The summed E-state index contributed by atoms with van der Waals surface area (Å²) in [5.41, 5.74) is -2.15. The van der Waals surface area contributed by atoms with Crippen molar-refractivity contribution in [3.05, 3.63) is 16.1 Å². The van der Waals surface area contributed by atoms with Gasteiger partial charge in [0.15, 0.2) is 11.8 Å². The molecule has 0 radical (unpaired) electrons. The second-order valence-electron chi connectivity index (χ2n) is 15.2. The van der Waals surface area contributed by atoms with Crippen LogP contribution in [0.4, 0.5) is 4.79 Å². The molecule has 1 fully saturated rings. The molecule has 1 aromatic heterocycles. The summed E-state index contributed by atoms with van der Waals surface area (Å²) in [6, 6.07) is -1.39. The smallest absolute Gasteiger partial charge is 0.408 e. The van der Waals surface area contributed by atoms with E-state index in [-0.39, 0.29) is 36.4 Å². The first kappa shape index (κ1) is 44.4. The van der Waals surface area contributed by atoms with Gasteiger partial charge in [-0.1, -0.05) is 60.3 Å². The molecule has 4 amide bonds. The molecule has 1 unspecified atom stereocenters. The van der Waals surface area contributed by atoms with Crippen molar-refractivity contribution in [1.29, 1.82) is 0 Å². The van der Waals surface area contributed by atoms with Gasteiger partial charge in [-0.05, 0) is 58.8 Å². The Bertz CT molecular complexity index is 1390. The van der Waals surface area contributed by atoms with E-state index in [4.69, 9.17) is 9.47 Å². The lowest BCUT2D eigenvalue weighted by molar-refractivity contribution is -0.150. The van der Waals surface area contributed by atoms with Gasteiger partial charge in [0.1, 0.15) is 28.7 Å². The fraction of sp³-hybridized carbons (Fsp3) is 0.757. The zero-order chi connectivity index (χ0) is 39.4. The van der Waals surface area contributed by atoms with Crippen LogP contribution in [0.1, 0.15) is 142 Å². The first-order valence-electron chi connectivity index (χ1n) is 18.5. The maximum Gasteiger partial charge on any atom is 0.408 e. The van der Waals surface area contributed by atoms with Crippen molar-refractivity contribution in [1.82, 2.24) is 25.4 Å². The lowest BCUT2D eigenvalue weighted by Gasteiger charge is -2.41. The van der Waals surface area contributed by atoms with Crippen LogP contribution in [-0.4, -0.2) is 98.5 Å². The number of alkyl carbamates (subject to hydrolysis) is 1. The molecule has 3 N–H and O–H groups in total. The summed E-state index contributed by atoms with van der Waals surface area (Å²) in [6.07, 6.45) is 3.67. The number of amides is 4. The second kappa shape index (κ2) is 19.9. The maximum atomic E-state index is 14.8. The van der Waals surface area contributed by atoms with E-state index < -0.39 is 59.2 Å². The van der Waals surface area contributed by atoms with Crippen LogP contribution in [0.25, 0.3) is 0 Å². The van der Waals surface area contributed by atoms with Crippen molar-refractivity contribution in [3.8, 4) is 0 Å². The van der Waals surface area contributed by atoms with Crippen molar-refractivity contribution in [2.45, 2.75) is 150 Å². The topological polar surface area (TPSA) is 185 Å². The molecule has 0 spiro atoms. The average Bonchev–Trinajstić information content (AvgIpc) is 3.71. The molecular formula is C37H61N5O9S. The van der Waals surface area contributed by atoms with Gasteiger partial charge in [0.05, 0.1) is 0 Å². The number of unbranched alkanes of at least 4 members (excludes halogenated alkanes) is 3. The number of carboxylic acid groups (broad SMARTS) is 1. The molecule has 294 valence electrons. The minimum atomic E-state index is -1.25. The Labute approximate surface area is 312 Å². The van der Waals surface area contributed by atoms with Gasteiger partial charge in [-0.3, -0.25) is 19.2 Å². The second-order valence-corrected chi connectivity index (χ2v) is 16.1. The van der Waals surface area contributed by atoms with E-state index in [1.807, 2.05) is 27.7 Å². The molecule has 0 aliphatic carbocycles. The number of hydrogen-bond acceptors (Lipinski definition) is 10. The number of ether oxygens (including phenoxy) is 2. The minimum absolute atomic E-state index is 0.113. The monoisotopic (exact) mass is 751 g/mol. The third-order valence-electron chi connectivity index (χ3n) is 9.47. The number of aromatic carboxylic acids is 1. The summed E-state index contributed by atoms with van der Waals surface area (Å²) in [5, 5.41) is 16.7. The van der Waals surface area contributed by atoms with Crippen molar-refractivity contribution < 1.29 is 43.3 Å². The van der Waals surface area contributed by atoms with Gasteiger partial charge in [0.25, 0.3) is 0 Å². The SMILES string of the molecule is CCCCCCN(C(=O)[C@@H](NC(=O)[C@@]1(C)CCCN1C(=O)CNC(=O)OC(C)(C)C)[C@@H](C)CC)[C@H](CC(OC(C)=O)c1nc(C(=O)O)cs1)C(C)C. The van der Waals surface area contributed by atoms with Crippen LogP contribution >= 0.6 is 11.3 Å². The molecule has 0 aromatic carbocycles. The summed E-state index contributed by atoms with van der Waals surface area (Å²) in [6.45, 7) is 18.4. The van der Waals surface area contributed by atoms with Gasteiger partial charge in [0, 0.05) is 37.9 Å². The summed E-state index contributed by atoms with van der Waals surface area (Å²) in [4.78, 5) is 85.9. The molecule has 2 heterocycles. The lowest BCUT2D eigenvalue weighted by Crippen LogP contribution is -2.62. The molecule has 1 aliphatic heterocycles. The van der Waals surface area contributed by atoms with Gasteiger partial charge < -0.3 is 35.0 Å². The number of nitrogens with one attached hydrogen (secondary N) is 2. The average molecular weight is 752 g/mol. The molecular weight excluding hydrogens is 691 g/mol. The summed E-state index contributed by atoms with van der Waals surface area (Å²) in [7, 11) is 0. The number of nitrogens with zero attached hydrogens (tertiary/aromatic N) is 3. The standard InChI is InChI=1S/C37H61N5O9S/c1-11-13-14-15-18-41(27(23(3)4)20-28(50-25(6)43)31-39-26(22-52-31)33(46)47)32(45)30(24(5)12-2)40-34(48)37(10)17-16-19-42(37)29(44)21-38-35(49)51-36(7,8)9/h22-24,27-28,30H,11-21H2,1-10H3,(H,38,49)(H,40,48)(H,46,47)/t24-,27+,28?,30-,37+/m0/s1. The Morgan fingerprint density at radius 2 is 1.77 bits per heavy atom. The van der Waals surface area contributed by atoms with Crippen LogP contribution in [0.2, 0.25) is 0 Å². The number of likely N-dealkylation sites (tertiary alicyclic amines) is 1. The Morgan fingerprint density at radius 3 is 2.31 bits per heavy atom. The van der Waals surface area contributed by atoms with Crippen LogP contribution in [0, 0.1) is 11.8 Å². The largest absolute Gasteiger partial charge is 0.476 e. The van der Waals surface area contributed by atoms with Gasteiger partial charge >= 0.3 is 18.0 Å². The molecule has 1 aromatic rings. The van der Waals surface area contributed by atoms with Gasteiger partial charge in [-0.2, -0.15) is 0 Å². The summed E-state index contributed by atoms with van der Waals surface area (Å²) < 4.78 is 10.9. The zero-order valence-electron chi connectivity index (χ0n) is 32.7. The van der Waals surface area contributed by atoms with Gasteiger partial charge in [-0.15, -0.1) is 11.3 Å². The van der Waals surface area contributed by atoms with E-state index in [9.17, 15) is 33.9 Å². The molecule has 1 saturated heterocycles. The first-order valence-corrected chi connectivity index (χ1v) is 19.4. The van der Waals surface area contributed by atoms with Crippen LogP contribution in [0.15, 0.2) is 5.38 Å². The number of aromatic nitrogens is 1. The van der Waals surface area contributed by atoms with Gasteiger partial charge in [-0.25, -0.2) is 14.6 Å². The van der Waals surface area contributed by atoms with Crippen molar-refractivity contribution in [2.75, 3.05) is 19.6 Å². The van der Waals surface area contributed by atoms with E-state index in [2.05, 4.69) is 22.5 Å². The van der Waals surface area contributed by atoms with Crippen LogP contribution in [0.3, 0.4) is 0 Å². The fourth-order valence-corrected chi connectivity index (χ4v) is 7.21. The summed E-state index contributed by atoms with van der Waals surface area (Å²) in [5.74, 6) is -3.31. The normalized spacial score (nSPS) is 18.2. The number of esters is 1. The number of carboxylic acids is 1. The zero-order valence-corrected chi connectivity index (χ0v) is 33.5. The Hall–Kier alpha value is -3.75. The quantitative estimate of drug-likeness (QED) is 0.117. The molecule has 52 heavy (non-hydrogen) atoms. The van der Waals surface area contributed by atoms with Crippen molar-refractivity contribution >= 4 is 47.1 Å². The van der Waals surface area contributed by atoms with Crippen LogP contribution in [0.5, 0.6) is 0 Å². The summed E-state index contributed by atoms with van der Waals surface area (Å²) >= 11 is 1.08. The van der Waals surface area contributed by atoms with Crippen molar-refractivity contribution in [2.24, 2.45) is 11.8 Å². The Kier molecular flexibility index (Phi) is 17.0. The van der Waals surface area contributed by atoms with E-state index in [1.54, 1.807) is 32.6 Å². The molecule has 15 heteroatoms.